The summed E-state index contributed by atoms with van der Waals surface area (Å²) in [6.07, 6.45) is 0. The zero-order chi connectivity index (χ0) is 21.7. The highest BCUT2D eigenvalue weighted by Gasteiger charge is 2.35. The summed E-state index contributed by atoms with van der Waals surface area (Å²) in [4.78, 5) is 27.0. The molecular weight excluding hydrogens is 416 g/mol. The number of nitrogens with zero attached hydrogens (tertiary/aromatic N) is 2. The standard InChI is InChI=1S/C20H17F2N3O4S/c1-28-16-7-4-13(8-17(16)29-20(21)22)19(27)25-11-30-10-15(25)18(26)24-14-5-2-12(9-23)3-6-14/h2-8,15,20H,10-11H2,1H3,(H,24,26). The highest BCUT2D eigenvalue weighted by atomic mass is 32.2. The van der Waals surface area contributed by atoms with Crippen molar-refractivity contribution in [2.24, 2.45) is 0 Å². The lowest BCUT2D eigenvalue weighted by atomic mass is 10.1. The number of nitriles is 1. The Morgan fingerprint density at radius 3 is 2.60 bits per heavy atom. The minimum Gasteiger partial charge on any atom is -0.493 e. The largest absolute Gasteiger partial charge is 0.493 e. The molecule has 1 unspecified atom stereocenters. The van der Waals surface area contributed by atoms with E-state index in [1.165, 1.54) is 42.0 Å². The van der Waals surface area contributed by atoms with E-state index in [1.807, 2.05) is 6.07 Å². The van der Waals surface area contributed by atoms with Crippen LogP contribution in [0.3, 0.4) is 0 Å². The summed E-state index contributed by atoms with van der Waals surface area (Å²) >= 11 is 1.41. The zero-order valence-corrected chi connectivity index (χ0v) is 16.6. The number of halogens is 2. The molecule has 0 saturated carbocycles. The predicted molar refractivity (Wildman–Crippen MR) is 107 cm³/mol. The molecule has 156 valence electrons. The molecule has 30 heavy (non-hydrogen) atoms. The van der Waals surface area contributed by atoms with Gasteiger partial charge in [-0.05, 0) is 42.5 Å². The van der Waals surface area contributed by atoms with Gasteiger partial charge in [0.1, 0.15) is 6.04 Å². The summed E-state index contributed by atoms with van der Waals surface area (Å²) in [6.45, 7) is -3.07. The molecule has 0 radical (unpaired) electrons. The smallest absolute Gasteiger partial charge is 0.387 e. The van der Waals surface area contributed by atoms with Gasteiger partial charge < -0.3 is 19.7 Å². The van der Waals surface area contributed by atoms with Crippen LogP contribution in [0, 0.1) is 11.3 Å². The van der Waals surface area contributed by atoms with E-state index in [9.17, 15) is 18.4 Å². The number of hydrogen-bond donors (Lipinski definition) is 1. The lowest BCUT2D eigenvalue weighted by Gasteiger charge is -2.23. The number of carbonyl (C=O) groups is 2. The van der Waals surface area contributed by atoms with Gasteiger partial charge in [0.15, 0.2) is 11.5 Å². The molecule has 2 aromatic rings. The van der Waals surface area contributed by atoms with Gasteiger partial charge in [-0.15, -0.1) is 11.8 Å². The van der Waals surface area contributed by atoms with Crippen LogP contribution in [0.4, 0.5) is 14.5 Å². The molecule has 0 aromatic heterocycles. The molecule has 3 rings (SSSR count). The number of anilines is 1. The van der Waals surface area contributed by atoms with Crippen LogP contribution >= 0.6 is 11.8 Å². The van der Waals surface area contributed by atoms with Gasteiger partial charge in [0.25, 0.3) is 5.91 Å². The van der Waals surface area contributed by atoms with Crippen LogP contribution in [-0.4, -0.2) is 48.1 Å². The van der Waals surface area contributed by atoms with Gasteiger partial charge in [0.2, 0.25) is 5.91 Å². The summed E-state index contributed by atoms with van der Waals surface area (Å²) < 4.78 is 34.7. The quantitative estimate of drug-likeness (QED) is 0.752. The fourth-order valence-corrected chi connectivity index (χ4v) is 4.03. The summed E-state index contributed by atoms with van der Waals surface area (Å²) in [5.41, 5.74) is 1.06. The minimum absolute atomic E-state index is 0.0674. The first-order chi connectivity index (χ1) is 14.4. The highest BCUT2D eigenvalue weighted by molar-refractivity contribution is 7.99. The Labute approximate surface area is 175 Å². The second kappa shape index (κ2) is 9.45. The van der Waals surface area contributed by atoms with Crippen LogP contribution in [0.2, 0.25) is 0 Å². The molecule has 1 fully saturated rings. The molecule has 2 aromatic carbocycles. The number of methoxy groups -OCH3 is 1. The van der Waals surface area contributed by atoms with Crippen molar-refractivity contribution < 1.29 is 27.8 Å². The van der Waals surface area contributed by atoms with Crippen molar-refractivity contribution in [3.05, 3.63) is 53.6 Å². The molecule has 1 aliphatic heterocycles. The van der Waals surface area contributed by atoms with Crippen molar-refractivity contribution in [3.8, 4) is 17.6 Å². The van der Waals surface area contributed by atoms with Gasteiger partial charge in [0.05, 0.1) is 24.6 Å². The third-order valence-electron chi connectivity index (χ3n) is 4.35. The average Bonchev–Trinajstić information content (AvgIpc) is 3.23. The van der Waals surface area contributed by atoms with Crippen molar-refractivity contribution in [2.75, 3.05) is 24.1 Å². The topological polar surface area (TPSA) is 91.7 Å². The van der Waals surface area contributed by atoms with Crippen LogP contribution < -0.4 is 14.8 Å². The van der Waals surface area contributed by atoms with Crippen LogP contribution in [0.15, 0.2) is 42.5 Å². The third-order valence-corrected chi connectivity index (χ3v) is 5.37. The molecule has 0 bridgehead atoms. The van der Waals surface area contributed by atoms with Crippen LogP contribution in [0.1, 0.15) is 15.9 Å². The van der Waals surface area contributed by atoms with E-state index in [-0.39, 0.29) is 28.8 Å². The van der Waals surface area contributed by atoms with E-state index in [0.717, 1.165) is 0 Å². The Bertz CT molecular complexity index is 979. The van der Waals surface area contributed by atoms with Crippen molar-refractivity contribution in [2.45, 2.75) is 12.7 Å². The summed E-state index contributed by atoms with van der Waals surface area (Å²) in [5, 5.41) is 11.6. The summed E-state index contributed by atoms with van der Waals surface area (Å²) in [7, 11) is 1.30. The maximum atomic E-state index is 12.9. The number of carbonyl (C=O) groups excluding carboxylic acids is 2. The lowest BCUT2D eigenvalue weighted by molar-refractivity contribution is -0.119. The number of benzene rings is 2. The molecule has 2 amide bonds. The Kier molecular flexibility index (Phi) is 6.74. The number of amides is 2. The number of rotatable bonds is 6. The second-order valence-electron chi connectivity index (χ2n) is 6.21. The molecule has 10 heteroatoms. The zero-order valence-electron chi connectivity index (χ0n) is 15.8. The molecule has 1 aliphatic rings. The first kappa shape index (κ1) is 21.4. The number of ether oxygens (including phenoxy) is 2. The summed E-state index contributed by atoms with van der Waals surface area (Å²) in [6, 6.07) is 11.6. The van der Waals surface area contributed by atoms with Crippen molar-refractivity contribution in [1.29, 1.82) is 5.26 Å². The van der Waals surface area contributed by atoms with Crippen LogP contribution in [-0.2, 0) is 4.79 Å². The first-order valence-electron chi connectivity index (χ1n) is 8.75. The lowest BCUT2D eigenvalue weighted by Crippen LogP contribution is -2.44. The average molecular weight is 433 g/mol. The summed E-state index contributed by atoms with van der Waals surface area (Å²) in [5.74, 6) is -0.384. The van der Waals surface area contributed by atoms with Crippen molar-refractivity contribution in [3.63, 3.8) is 0 Å². The molecule has 0 aliphatic carbocycles. The van der Waals surface area contributed by atoms with Gasteiger partial charge >= 0.3 is 6.61 Å². The van der Waals surface area contributed by atoms with Gasteiger partial charge in [-0.1, -0.05) is 0 Å². The number of alkyl halides is 2. The number of thioether (sulfide) groups is 1. The van der Waals surface area contributed by atoms with Gasteiger partial charge in [-0.3, -0.25) is 9.59 Å². The fourth-order valence-electron chi connectivity index (χ4n) is 2.88. The molecule has 7 nitrogen and oxygen atoms in total. The fraction of sp³-hybridized carbons (Fsp3) is 0.250. The Balaban J connectivity index is 1.76. The Morgan fingerprint density at radius 1 is 1.23 bits per heavy atom. The van der Waals surface area contributed by atoms with E-state index in [1.54, 1.807) is 24.3 Å². The van der Waals surface area contributed by atoms with E-state index >= 15 is 0 Å². The monoisotopic (exact) mass is 433 g/mol. The second-order valence-corrected chi connectivity index (χ2v) is 7.21. The number of hydrogen-bond acceptors (Lipinski definition) is 6. The van der Waals surface area contributed by atoms with Crippen molar-refractivity contribution >= 4 is 29.3 Å². The van der Waals surface area contributed by atoms with Crippen LogP contribution in [0.5, 0.6) is 11.5 Å². The normalized spacial score (nSPS) is 15.6. The van der Waals surface area contributed by atoms with E-state index in [0.29, 0.717) is 17.0 Å². The van der Waals surface area contributed by atoms with E-state index in [4.69, 9.17) is 10.00 Å². The molecule has 1 heterocycles. The van der Waals surface area contributed by atoms with Gasteiger partial charge in [0, 0.05) is 17.0 Å². The van der Waals surface area contributed by atoms with Crippen LogP contribution in [0.25, 0.3) is 0 Å². The first-order valence-corrected chi connectivity index (χ1v) is 9.91. The number of nitrogens with one attached hydrogen (secondary N) is 1. The molecular formula is C20H17F2N3O4S. The maximum absolute atomic E-state index is 12.9. The SMILES string of the molecule is COc1ccc(C(=O)N2CSCC2C(=O)Nc2ccc(C#N)cc2)cc1OC(F)F. The van der Waals surface area contributed by atoms with Gasteiger partial charge in [-0.25, -0.2) is 0 Å². The maximum Gasteiger partial charge on any atom is 0.387 e. The van der Waals surface area contributed by atoms with Crippen molar-refractivity contribution in [1.82, 2.24) is 4.90 Å². The molecule has 1 atom stereocenters. The minimum atomic E-state index is -3.07. The van der Waals surface area contributed by atoms with E-state index < -0.39 is 18.6 Å². The third kappa shape index (κ3) is 4.80. The highest BCUT2D eigenvalue weighted by Crippen LogP contribution is 2.31. The van der Waals surface area contributed by atoms with Gasteiger partial charge in [-0.2, -0.15) is 14.0 Å². The Morgan fingerprint density at radius 2 is 1.97 bits per heavy atom. The van der Waals surface area contributed by atoms with E-state index in [2.05, 4.69) is 10.1 Å². The Hall–Kier alpha value is -3.32. The molecule has 1 saturated heterocycles. The molecule has 0 spiro atoms. The molecule has 1 N–H and O–H groups in total. The predicted octanol–water partition coefficient (Wildman–Crippen LogP) is 3.32.